The minimum atomic E-state index is -1.74. The molecule has 1 aliphatic heterocycles. The molecule has 1 atom stereocenters. The molecule has 1 aromatic carbocycles. The summed E-state index contributed by atoms with van der Waals surface area (Å²) in [5.41, 5.74) is 4.91. The second-order valence-corrected chi connectivity index (χ2v) is 8.82. The largest absolute Gasteiger partial charge is 0.478 e. The number of fused-ring (bicyclic) bond motifs is 8. The van der Waals surface area contributed by atoms with E-state index in [9.17, 15) is 9.00 Å². The van der Waals surface area contributed by atoms with Gasteiger partial charge in [0, 0.05) is 30.6 Å². The molecule has 2 amide bonds. The molecule has 9 heteroatoms. The van der Waals surface area contributed by atoms with Gasteiger partial charge in [-0.25, -0.2) is 14.0 Å². The van der Waals surface area contributed by atoms with Crippen LogP contribution in [-0.2, 0) is 30.4 Å². The summed E-state index contributed by atoms with van der Waals surface area (Å²) in [5, 5.41) is 7.60. The van der Waals surface area contributed by atoms with Crippen molar-refractivity contribution in [2.75, 3.05) is 11.9 Å². The number of hydrogen-bond acceptors (Lipinski definition) is 5. The Hall–Kier alpha value is -3.20. The van der Waals surface area contributed by atoms with E-state index in [1.54, 1.807) is 23.1 Å². The summed E-state index contributed by atoms with van der Waals surface area (Å²) in [6.45, 7) is 1.23. The molecule has 31 heavy (non-hydrogen) atoms. The number of pyridine rings is 1. The van der Waals surface area contributed by atoms with E-state index in [-0.39, 0.29) is 0 Å². The summed E-state index contributed by atoms with van der Waals surface area (Å²) in [6, 6.07) is 9.08. The molecule has 4 bridgehead atoms. The topological polar surface area (TPSA) is 98.1 Å². The van der Waals surface area contributed by atoms with Gasteiger partial charge in [-0.2, -0.15) is 5.10 Å². The van der Waals surface area contributed by atoms with Crippen molar-refractivity contribution in [3.05, 3.63) is 53.9 Å². The summed E-state index contributed by atoms with van der Waals surface area (Å²) in [5.74, 6) is 0.556. The average Bonchev–Trinajstić information content (AvgIpc) is 3.43. The van der Waals surface area contributed by atoms with E-state index in [0.29, 0.717) is 24.1 Å². The average molecular weight is 438 g/mol. The standard InChI is InChI=1S/C22H23N5O3S/c28-22-24-21-17-5-3-4-15(17)6-7-18(21)16-8-10-23-19(14-16)30-13-2-1-11-27-12-9-20(25-27)31(29)26-22/h6-10,12,14H,1-5,11,13H2,(H2,24,26,28). The third-order valence-electron chi connectivity index (χ3n) is 5.59. The Balaban J connectivity index is 1.54. The van der Waals surface area contributed by atoms with Gasteiger partial charge in [0.2, 0.25) is 5.88 Å². The first-order chi connectivity index (χ1) is 15.2. The predicted molar refractivity (Wildman–Crippen MR) is 117 cm³/mol. The van der Waals surface area contributed by atoms with E-state index >= 15 is 0 Å². The van der Waals surface area contributed by atoms with Crippen LogP contribution in [0.5, 0.6) is 5.88 Å². The fourth-order valence-corrected chi connectivity index (χ4v) is 4.79. The van der Waals surface area contributed by atoms with Crippen molar-refractivity contribution < 1.29 is 13.7 Å². The minimum Gasteiger partial charge on any atom is -0.478 e. The lowest BCUT2D eigenvalue weighted by Gasteiger charge is -2.17. The summed E-state index contributed by atoms with van der Waals surface area (Å²) >= 11 is 0. The van der Waals surface area contributed by atoms with Gasteiger partial charge in [-0.3, -0.25) is 9.40 Å². The Bertz CT molecular complexity index is 1160. The van der Waals surface area contributed by atoms with Crippen molar-refractivity contribution in [2.24, 2.45) is 0 Å². The molecule has 0 fully saturated rings. The molecule has 1 unspecified atom stereocenters. The molecule has 1 aliphatic carbocycles. The summed E-state index contributed by atoms with van der Waals surface area (Å²) in [6.07, 6.45) is 8.10. The van der Waals surface area contributed by atoms with E-state index in [0.717, 1.165) is 54.5 Å². The highest BCUT2D eigenvalue weighted by Gasteiger charge is 2.22. The lowest BCUT2D eigenvalue weighted by atomic mass is 9.98. The molecule has 5 rings (SSSR count). The highest BCUT2D eigenvalue weighted by atomic mass is 32.2. The molecule has 0 saturated carbocycles. The van der Waals surface area contributed by atoms with Crippen LogP contribution in [0.2, 0.25) is 0 Å². The Kier molecular flexibility index (Phi) is 5.42. The Morgan fingerprint density at radius 2 is 2.03 bits per heavy atom. The maximum absolute atomic E-state index is 12.8. The number of nitrogens with zero attached hydrogens (tertiary/aromatic N) is 3. The van der Waals surface area contributed by atoms with Gasteiger partial charge in [0.15, 0.2) is 16.0 Å². The number of aromatic nitrogens is 3. The fraction of sp³-hybridized carbons (Fsp3) is 0.318. The number of benzene rings is 1. The number of carbonyl (C=O) groups excluding carboxylic acids is 1. The van der Waals surface area contributed by atoms with E-state index in [1.807, 2.05) is 18.2 Å². The molecular formula is C22H23N5O3S. The van der Waals surface area contributed by atoms with Gasteiger partial charge in [-0.15, -0.1) is 0 Å². The first-order valence-electron chi connectivity index (χ1n) is 10.4. The number of anilines is 1. The number of nitrogens with one attached hydrogen (secondary N) is 2. The van der Waals surface area contributed by atoms with Crippen LogP contribution in [-0.4, -0.2) is 31.6 Å². The van der Waals surface area contributed by atoms with Crippen molar-refractivity contribution in [3.8, 4) is 17.0 Å². The maximum atomic E-state index is 12.8. The van der Waals surface area contributed by atoms with Gasteiger partial charge in [0.05, 0.1) is 12.3 Å². The van der Waals surface area contributed by atoms with Crippen molar-refractivity contribution in [1.82, 2.24) is 19.5 Å². The van der Waals surface area contributed by atoms with Crippen molar-refractivity contribution in [2.45, 2.75) is 43.7 Å². The van der Waals surface area contributed by atoms with Gasteiger partial charge < -0.3 is 10.1 Å². The lowest BCUT2D eigenvalue weighted by molar-refractivity contribution is 0.257. The van der Waals surface area contributed by atoms with Gasteiger partial charge >= 0.3 is 6.03 Å². The van der Waals surface area contributed by atoms with Crippen LogP contribution >= 0.6 is 0 Å². The zero-order valence-corrected chi connectivity index (χ0v) is 17.8. The normalized spacial score (nSPS) is 18.7. The van der Waals surface area contributed by atoms with Gasteiger partial charge in [-0.1, -0.05) is 12.1 Å². The van der Waals surface area contributed by atoms with Crippen LogP contribution in [0.4, 0.5) is 10.5 Å². The number of urea groups is 1. The van der Waals surface area contributed by atoms with E-state index in [2.05, 4.69) is 26.2 Å². The third kappa shape index (κ3) is 4.18. The zero-order valence-electron chi connectivity index (χ0n) is 17.0. The van der Waals surface area contributed by atoms with Gasteiger partial charge in [0.25, 0.3) is 0 Å². The second kappa shape index (κ2) is 8.50. The lowest BCUT2D eigenvalue weighted by Crippen LogP contribution is -2.31. The minimum absolute atomic E-state index is 0.324. The predicted octanol–water partition coefficient (Wildman–Crippen LogP) is 3.45. The fourth-order valence-electron chi connectivity index (χ4n) is 4.10. The van der Waals surface area contributed by atoms with E-state index in [4.69, 9.17) is 4.74 Å². The smallest absolute Gasteiger partial charge is 0.331 e. The van der Waals surface area contributed by atoms with Crippen LogP contribution < -0.4 is 14.8 Å². The number of rotatable bonds is 0. The monoisotopic (exact) mass is 437 g/mol. The van der Waals surface area contributed by atoms with Crippen LogP contribution in [0.3, 0.4) is 0 Å². The maximum Gasteiger partial charge on any atom is 0.331 e. The van der Waals surface area contributed by atoms with Crippen LogP contribution in [0.15, 0.2) is 47.8 Å². The number of carbonyl (C=O) groups is 1. The summed E-state index contributed by atoms with van der Waals surface area (Å²) in [4.78, 5) is 17.1. The number of amides is 2. The van der Waals surface area contributed by atoms with Crippen molar-refractivity contribution in [3.63, 3.8) is 0 Å². The first kappa shape index (κ1) is 19.7. The number of hydrogen-bond donors (Lipinski definition) is 2. The molecule has 3 aromatic rings. The molecule has 0 radical (unpaired) electrons. The van der Waals surface area contributed by atoms with Crippen LogP contribution in [0, 0.1) is 0 Å². The number of ether oxygens (including phenoxy) is 1. The molecule has 0 saturated heterocycles. The van der Waals surface area contributed by atoms with Gasteiger partial charge in [0.1, 0.15) is 0 Å². The first-order valence-corrected chi connectivity index (χ1v) is 11.6. The molecule has 0 spiro atoms. The number of aryl methyl sites for hydroxylation is 2. The zero-order chi connectivity index (χ0) is 21.2. The van der Waals surface area contributed by atoms with E-state index < -0.39 is 17.0 Å². The molecule has 2 N–H and O–H groups in total. The molecule has 8 nitrogen and oxygen atoms in total. The Labute approximate surface area is 182 Å². The molecule has 160 valence electrons. The molecular weight excluding hydrogens is 414 g/mol. The Morgan fingerprint density at radius 3 is 2.97 bits per heavy atom. The van der Waals surface area contributed by atoms with Crippen LogP contribution in [0.25, 0.3) is 11.1 Å². The van der Waals surface area contributed by atoms with E-state index in [1.165, 1.54) is 5.56 Å². The second-order valence-electron chi connectivity index (χ2n) is 7.66. The van der Waals surface area contributed by atoms with Crippen molar-refractivity contribution >= 4 is 22.7 Å². The van der Waals surface area contributed by atoms with Crippen molar-refractivity contribution in [1.29, 1.82) is 0 Å². The Morgan fingerprint density at radius 1 is 1.10 bits per heavy atom. The SMILES string of the molecule is O=C1Nc2c(ccc3c2CCC3)-c2ccnc(c2)OCCCCn2ccc(n2)S(=O)N1. The summed E-state index contributed by atoms with van der Waals surface area (Å²) < 4.78 is 22.7. The highest BCUT2D eigenvalue weighted by molar-refractivity contribution is 7.83. The highest BCUT2D eigenvalue weighted by Crippen LogP contribution is 2.38. The quantitative estimate of drug-likeness (QED) is 0.561. The van der Waals surface area contributed by atoms with Crippen LogP contribution in [0.1, 0.15) is 30.4 Å². The third-order valence-corrected chi connectivity index (χ3v) is 6.56. The molecule has 3 heterocycles. The molecule has 2 aromatic heterocycles. The summed E-state index contributed by atoms with van der Waals surface area (Å²) in [7, 11) is -1.74. The molecule has 2 aliphatic rings. The van der Waals surface area contributed by atoms with Gasteiger partial charge in [-0.05, 0) is 60.9 Å².